The Hall–Kier alpha value is -0.330. The van der Waals surface area contributed by atoms with E-state index in [2.05, 4.69) is 12.7 Å². The lowest BCUT2D eigenvalue weighted by Crippen LogP contribution is -1.72. The van der Waals surface area contributed by atoms with Crippen molar-refractivity contribution in [2.24, 2.45) is 0 Å². The number of rotatable bonds is 5. The van der Waals surface area contributed by atoms with Gasteiger partial charge in [0.2, 0.25) is 0 Å². The molecule has 0 N–H and O–H groups in total. The van der Waals surface area contributed by atoms with E-state index < -0.39 is 10.8 Å². The summed E-state index contributed by atoms with van der Waals surface area (Å²) in [5, 5.41) is 1.59. The van der Waals surface area contributed by atoms with E-state index in [-0.39, 0.29) is 0 Å². The van der Waals surface area contributed by atoms with Gasteiger partial charge in [-0.25, -0.2) is 0 Å². The first-order valence-electron chi connectivity index (χ1n) is 4.00. The van der Waals surface area contributed by atoms with Gasteiger partial charge in [-0.1, -0.05) is 19.8 Å². The summed E-state index contributed by atoms with van der Waals surface area (Å²) < 4.78 is 10.5. The Morgan fingerprint density at radius 2 is 2.18 bits per heavy atom. The fourth-order valence-electron chi connectivity index (χ4n) is 0.724. The standard InChI is InChI=1S/C9H16OS/c1-3-4-5-6-7-8-9-11(2)10/h7,9H,3-6H2,1-2H3. The minimum absolute atomic E-state index is 0.840. The maximum atomic E-state index is 10.5. The van der Waals surface area contributed by atoms with E-state index in [0.29, 0.717) is 0 Å². The van der Waals surface area contributed by atoms with E-state index in [1.165, 1.54) is 19.3 Å². The smallest absolute Gasteiger partial charge is 0.0502 e. The quantitative estimate of drug-likeness (QED) is 0.460. The summed E-state index contributed by atoms with van der Waals surface area (Å²) in [5.41, 5.74) is 2.89. The highest BCUT2D eigenvalue weighted by Gasteiger charge is 1.79. The topological polar surface area (TPSA) is 17.1 Å². The van der Waals surface area contributed by atoms with Gasteiger partial charge in [0.05, 0.1) is 10.8 Å². The normalized spacial score (nSPS) is 11.8. The highest BCUT2D eigenvalue weighted by atomic mass is 32.2. The predicted molar refractivity (Wildman–Crippen MR) is 50.9 cm³/mol. The van der Waals surface area contributed by atoms with E-state index in [1.54, 1.807) is 11.7 Å². The maximum Gasteiger partial charge on any atom is 0.0502 e. The Balaban J connectivity index is 3.36. The number of hydrogen-bond acceptors (Lipinski definition) is 1. The Bertz CT molecular complexity index is 166. The maximum absolute atomic E-state index is 10.5. The molecule has 0 saturated carbocycles. The molecule has 1 unspecified atom stereocenters. The van der Waals surface area contributed by atoms with Gasteiger partial charge in [0.1, 0.15) is 0 Å². The largest absolute Gasteiger partial charge is 0.255 e. The van der Waals surface area contributed by atoms with Gasteiger partial charge in [-0.15, -0.1) is 5.73 Å². The number of unbranched alkanes of at least 4 members (excludes halogenated alkanes) is 3. The summed E-state index contributed by atoms with van der Waals surface area (Å²) in [5.74, 6) is 0. The summed E-state index contributed by atoms with van der Waals surface area (Å²) in [6.45, 7) is 2.18. The summed E-state index contributed by atoms with van der Waals surface area (Å²) in [6.07, 6.45) is 8.39. The molecule has 0 rings (SSSR count). The molecule has 2 heteroatoms. The van der Waals surface area contributed by atoms with Crippen LogP contribution in [0.25, 0.3) is 0 Å². The number of hydrogen-bond donors (Lipinski definition) is 0. The van der Waals surface area contributed by atoms with Crippen molar-refractivity contribution in [2.75, 3.05) is 6.26 Å². The highest BCUT2D eigenvalue weighted by molar-refractivity contribution is 7.87. The molecular formula is C9H16OS. The lowest BCUT2D eigenvalue weighted by Gasteiger charge is -1.88. The van der Waals surface area contributed by atoms with Crippen molar-refractivity contribution in [1.82, 2.24) is 0 Å². The molecule has 11 heavy (non-hydrogen) atoms. The second-order valence-corrected chi connectivity index (χ2v) is 3.72. The average Bonchev–Trinajstić information content (AvgIpc) is 1.96. The van der Waals surface area contributed by atoms with Crippen LogP contribution in [-0.2, 0) is 10.8 Å². The molecule has 0 amide bonds. The number of allylic oxidation sites excluding steroid dienone is 1. The lowest BCUT2D eigenvalue weighted by molar-refractivity contribution is 0.691. The lowest BCUT2D eigenvalue weighted by atomic mass is 10.2. The van der Waals surface area contributed by atoms with Crippen molar-refractivity contribution in [3.05, 3.63) is 17.2 Å². The van der Waals surface area contributed by atoms with Gasteiger partial charge in [-0.05, 0) is 18.9 Å². The second-order valence-electron chi connectivity index (χ2n) is 2.48. The van der Waals surface area contributed by atoms with E-state index in [9.17, 15) is 4.21 Å². The second kappa shape index (κ2) is 7.77. The molecule has 0 aromatic carbocycles. The summed E-state index contributed by atoms with van der Waals surface area (Å²) in [6, 6.07) is 0. The molecule has 1 atom stereocenters. The Labute approximate surface area is 71.7 Å². The molecule has 0 aliphatic rings. The molecule has 1 nitrogen and oxygen atoms in total. The molecule has 0 aliphatic heterocycles. The molecule has 0 spiro atoms. The van der Waals surface area contributed by atoms with Crippen LogP contribution in [0.15, 0.2) is 17.2 Å². The first-order valence-corrected chi connectivity index (χ1v) is 5.62. The van der Waals surface area contributed by atoms with Crippen LogP contribution < -0.4 is 0 Å². The van der Waals surface area contributed by atoms with E-state index in [4.69, 9.17) is 0 Å². The first kappa shape index (κ1) is 10.7. The van der Waals surface area contributed by atoms with Crippen molar-refractivity contribution >= 4 is 10.8 Å². The molecule has 0 saturated heterocycles. The molecule has 0 aliphatic carbocycles. The van der Waals surface area contributed by atoms with Crippen LogP contribution in [0.1, 0.15) is 32.6 Å². The Morgan fingerprint density at radius 3 is 2.73 bits per heavy atom. The van der Waals surface area contributed by atoms with Crippen LogP contribution in [0.2, 0.25) is 0 Å². The SMILES string of the molecule is CCCCCC=C=CS(C)=O. The molecule has 0 aromatic rings. The van der Waals surface area contributed by atoms with Crippen LogP contribution in [-0.4, -0.2) is 10.5 Å². The first-order chi connectivity index (χ1) is 5.27. The summed E-state index contributed by atoms with van der Waals surface area (Å²) in [7, 11) is -0.840. The molecule has 0 radical (unpaired) electrons. The zero-order valence-electron chi connectivity index (χ0n) is 7.30. The third-order valence-corrected chi connectivity index (χ3v) is 1.77. The zero-order valence-corrected chi connectivity index (χ0v) is 8.12. The van der Waals surface area contributed by atoms with E-state index >= 15 is 0 Å². The van der Waals surface area contributed by atoms with Gasteiger partial charge >= 0.3 is 0 Å². The molecule has 0 bridgehead atoms. The van der Waals surface area contributed by atoms with Gasteiger partial charge in [0.15, 0.2) is 0 Å². The van der Waals surface area contributed by atoms with Crippen LogP contribution >= 0.6 is 0 Å². The van der Waals surface area contributed by atoms with Crippen LogP contribution in [0.4, 0.5) is 0 Å². The molecule has 0 fully saturated rings. The van der Waals surface area contributed by atoms with Crippen LogP contribution in [0.3, 0.4) is 0 Å². The monoisotopic (exact) mass is 172 g/mol. The van der Waals surface area contributed by atoms with Gasteiger partial charge in [-0.2, -0.15) is 0 Å². The summed E-state index contributed by atoms with van der Waals surface area (Å²) in [4.78, 5) is 0. The zero-order chi connectivity index (χ0) is 8.53. The van der Waals surface area contributed by atoms with Crippen molar-refractivity contribution in [1.29, 1.82) is 0 Å². The molecule has 64 valence electrons. The third-order valence-electron chi connectivity index (χ3n) is 1.30. The average molecular weight is 172 g/mol. The minimum atomic E-state index is -0.840. The minimum Gasteiger partial charge on any atom is -0.255 e. The van der Waals surface area contributed by atoms with Crippen molar-refractivity contribution < 1.29 is 4.21 Å². The Kier molecular flexibility index (Phi) is 7.54. The fourth-order valence-corrected chi connectivity index (χ4v) is 1.01. The van der Waals surface area contributed by atoms with E-state index in [0.717, 1.165) is 6.42 Å². The summed E-state index contributed by atoms with van der Waals surface area (Å²) >= 11 is 0. The van der Waals surface area contributed by atoms with Crippen LogP contribution in [0.5, 0.6) is 0 Å². The van der Waals surface area contributed by atoms with Crippen molar-refractivity contribution in [3.8, 4) is 0 Å². The van der Waals surface area contributed by atoms with Gasteiger partial charge < -0.3 is 0 Å². The van der Waals surface area contributed by atoms with Gasteiger partial charge in [0, 0.05) is 11.7 Å². The predicted octanol–water partition coefficient (Wildman–Crippen LogP) is 2.61. The Morgan fingerprint density at radius 1 is 1.45 bits per heavy atom. The van der Waals surface area contributed by atoms with Crippen molar-refractivity contribution in [3.63, 3.8) is 0 Å². The van der Waals surface area contributed by atoms with Crippen LogP contribution in [0, 0.1) is 0 Å². The molecule has 0 heterocycles. The fraction of sp³-hybridized carbons (Fsp3) is 0.667. The molecular weight excluding hydrogens is 156 g/mol. The highest BCUT2D eigenvalue weighted by Crippen LogP contribution is 1.98. The van der Waals surface area contributed by atoms with Gasteiger partial charge in [0.25, 0.3) is 0 Å². The molecule has 0 aromatic heterocycles. The third kappa shape index (κ3) is 9.67. The van der Waals surface area contributed by atoms with Crippen molar-refractivity contribution in [2.45, 2.75) is 32.6 Å². The van der Waals surface area contributed by atoms with Gasteiger partial charge in [-0.3, -0.25) is 4.21 Å². The van der Waals surface area contributed by atoms with E-state index in [1.807, 2.05) is 6.08 Å².